The lowest BCUT2D eigenvalue weighted by molar-refractivity contribution is -0.149. The predicted molar refractivity (Wildman–Crippen MR) is 212 cm³/mol. The fraction of sp³-hybridized carbons (Fsp3) is 0.619. The molecule has 7 rings (SSSR count). The molecule has 278 valence electrons. The van der Waals surface area contributed by atoms with Crippen LogP contribution < -0.4 is 14.4 Å². The zero-order valence-corrected chi connectivity index (χ0v) is 32.7. The summed E-state index contributed by atoms with van der Waals surface area (Å²) in [5.74, 6) is 6.54. The molecular weight excluding hydrogens is 678 g/mol. The molecule has 7 nitrogen and oxygen atoms in total. The number of fused-ring (bicyclic) bond motifs is 2. The van der Waals surface area contributed by atoms with Gasteiger partial charge in [0.2, 0.25) is 0 Å². The van der Waals surface area contributed by atoms with Crippen LogP contribution in [0.15, 0.2) is 48.6 Å². The van der Waals surface area contributed by atoms with Gasteiger partial charge in [-0.2, -0.15) is 0 Å². The minimum absolute atomic E-state index is 0.0711. The number of rotatable bonds is 6. The van der Waals surface area contributed by atoms with Crippen LogP contribution in [0.3, 0.4) is 0 Å². The Bertz CT molecular complexity index is 1620. The number of anilines is 1. The Balaban J connectivity index is 1.24. The van der Waals surface area contributed by atoms with Gasteiger partial charge < -0.3 is 28.7 Å². The molecule has 0 aromatic heterocycles. The van der Waals surface area contributed by atoms with Gasteiger partial charge in [0.05, 0.1) is 25.5 Å². The predicted octanol–water partition coefficient (Wildman–Crippen LogP) is 8.13. The van der Waals surface area contributed by atoms with Crippen LogP contribution in [-0.2, 0) is 15.9 Å². The number of carbonyl (C=O) groups excluding carboxylic acids is 1. The summed E-state index contributed by atoms with van der Waals surface area (Å²) in [5.41, 5.74) is 4.29. The van der Waals surface area contributed by atoms with E-state index in [-0.39, 0.29) is 22.7 Å². The Labute approximate surface area is 313 Å². The third-order valence-electron chi connectivity index (χ3n) is 13.0. The number of piperidine rings is 1. The third-order valence-corrected chi connectivity index (χ3v) is 15.0. The number of carbonyl (C=O) groups is 1. The molecule has 2 aromatic rings. The minimum Gasteiger partial charge on any atom is -0.491 e. The monoisotopic (exact) mass is 735 g/mol. The lowest BCUT2D eigenvalue weighted by Crippen LogP contribution is -2.58. The molecule has 1 aliphatic carbocycles. The summed E-state index contributed by atoms with van der Waals surface area (Å²) >= 11 is 6.52. The van der Waals surface area contributed by atoms with Crippen molar-refractivity contribution in [3.8, 4) is 5.75 Å². The largest absolute Gasteiger partial charge is 0.491 e. The number of hydrogen-bond donors (Lipinski definition) is 1. The van der Waals surface area contributed by atoms with E-state index in [1.165, 1.54) is 24.0 Å². The van der Waals surface area contributed by atoms with Crippen LogP contribution in [0.25, 0.3) is 0 Å². The second-order valence-electron chi connectivity index (χ2n) is 16.2. The van der Waals surface area contributed by atoms with Crippen LogP contribution in [-0.4, -0.2) is 87.2 Å². The number of ether oxygens (including phenoxy) is 3. The fourth-order valence-electron chi connectivity index (χ4n) is 9.19. The van der Waals surface area contributed by atoms with Crippen molar-refractivity contribution in [2.75, 3.05) is 64.6 Å². The normalized spacial score (nSPS) is 33.2. The number of nitrogens with one attached hydrogen (secondary N) is 1. The first kappa shape index (κ1) is 37.0. The maximum Gasteiger partial charge on any atom is 0.260 e. The van der Waals surface area contributed by atoms with Crippen LogP contribution in [0, 0.1) is 23.2 Å². The molecule has 3 fully saturated rings. The van der Waals surface area contributed by atoms with Crippen molar-refractivity contribution in [3.63, 3.8) is 0 Å². The van der Waals surface area contributed by atoms with Crippen molar-refractivity contribution in [3.05, 3.63) is 70.3 Å². The molecule has 51 heavy (non-hydrogen) atoms. The van der Waals surface area contributed by atoms with Gasteiger partial charge in [0.15, 0.2) is 0 Å². The summed E-state index contributed by atoms with van der Waals surface area (Å²) in [5, 5.41) is 1.00. The lowest BCUT2D eigenvalue weighted by atomic mass is 9.63. The van der Waals surface area contributed by atoms with E-state index < -0.39 is 10.7 Å². The Hall–Kier alpha value is -2.36. The van der Waals surface area contributed by atoms with Crippen LogP contribution in [0.4, 0.5) is 5.69 Å². The highest BCUT2D eigenvalue weighted by Crippen LogP contribution is 2.48. The Morgan fingerprint density at radius 3 is 2.59 bits per heavy atom. The SMILES string of the molecule is C=S1NC(=O)c2ccc3c(c2)N(CC(c2ccc(Cl)cc2CCC)CO3)CC2CCC2C(CN2CCC3(CC2)COC3)(OC)/C=C/CC(C)C1C. The van der Waals surface area contributed by atoms with Gasteiger partial charge in [-0.25, -0.2) is 0 Å². The van der Waals surface area contributed by atoms with Crippen molar-refractivity contribution < 1.29 is 19.0 Å². The van der Waals surface area contributed by atoms with Crippen molar-refractivity contribution >= 4 is 39.7 Å². The number of halogens is 1. The van der Waals surface area contributed by atoms with Crippen LogP contribution in [0.1, 0.15) is 86.7 Å². The first-order valence-electron chi connectivity index (χ1n) is 19.3. The molecule has 2 bridgehead atoms. The zero-order valence-electron chi connectivity index (χ0n) is 31.1. The Morgan fingerprint density at radius 1 is 1.10 bits per heavy atom. The van der Waals surface area contributed by atoms with Crippen molar-refractivity contribution in [2.45, 2.75) is 82.5 Å². The average Bonchev–Trinajstić information content (AvgIpc) is 3.28. The number of aryl methyl sites for hydroxylation is 1. The van der Waals surface area contributed by atoms with E-state index in [0.717, 1.165) is 94.5 Å². The number of methoxy groups -OCH3 is 1. The molecule has 7 unspecified atom stereocenters. The van der Waals surface area contributed by atoms with Crippen molar-refractivity contribution in [1.29, 1.82) is 0 Å². The van der Waals surface area contributed by atoms with E-state index in [1.54, 1.807) is 0 Å². The quantitative estimate of drug-likeness (QED) is 0.239. The standard InChI is InChI=1S/C42H58ClN3O4S/c1-6-8-31-21-35(43)12-13-36(31)34-24-46-23-33-10-14-37(33)42(48-4,26-45-19-17-41(18-20-45)27-49-28-41)16-7-9-29(2)30(3)51(5)44-40(47)32-11-15-39(50-25-34)38(46)22-32/h7,11-13,15-16,21-22,29-30,33-34,37H,5-6,8-10,14,17-20,23-28H2,1-4H3,(H,44,47)/b16-7+. The third kappa shape index (κ3) is 7.68. The molecule has 4 heterocycles. The van der Waals surface area contributed by atoms with E-state index in [2.05, 4.69) is 71.5 Å². The number of likely N-dealkylation sites (tertiary alicyclic amines) is 1. The highest BCUT2D eigenvalue weighted by molar-refractivity contribution is 8.13. The second-order valence-corrected chi connectivity index (χ2v) is 18.5. The molecule has 1 saturated carbocycles. The molecule has 9 heteroatoms. The van der Waals surface area contributed by atoms with Gasteiger partial charge >= 0.3 is 0 Å². The summed E-state index contributed by atoms with van der Waals surface area (Å²) in [7, 11) is 1.40. The number of hydrogen-bond acceptors (Lipinski definition) is 6. The molecule has 1 spiro atoms. The highest BCUT2D eigenvalue weighted by atomic mass is 35.5. The summed E-state index contributed by atoms with van der Waals surface area (Å²) in [6, 6.07) is 12.3. The Kier molecular flexibility index (Phi) is 11.3. The summed E-state index contributed by atoms with van der Waals surface area (Å²) in [6.45, 7) is 13.9. The first-order chi connectivity index (χ1) is 24.6. The summed E-state index contributed by atoms with van der Waals surface area (Å²) < 4.78 is 22.3. The van der Waals surface area contributed by atoms with Gasteiger partial charge in [0.25, 0.3) is 5.91 Å². The smallest absolute Gasteiger partial charge is 0.260 e. The second kappa shape index (κ2) is 15.5. The first-order valence-corrected chi connectivity index (χ1v) is 21.1. The number of amides is 1. The minimum atomic E-state index is -0.540. The van der Waals surface area contributed by atoms with E-state index in [4.69, 9.17) is 25.8 Å². The number of allylic oxidation sites excluding steroid dienone is 1. The lowest BCUT2D eigenvalue weighted by Gasteiger charge is -2.53. The molecule has 2 saturated heterocycles. The van der Waals surface area contributed by atoms with E-state index >= 15 is 0 Å². The van der Waals surface area contributed by atoms with Gasteiger partial charge in [-0.05, 0) is 111 Å². The molecule has 0 radical (unpaired) electrons. The molecule has 5 aliphatic rings. The Morgan fingerprint density at radius 2 is 1.90 bits per heavy atom. The van der Waals surface area contributed by atoms with E-state index in [1.807, 2.05) is 25.3 Å². The van der Waals surface area contributed by atoms with Crippen LogP contribution in [0.2, 0.25) is 5.02 Å². The number of nitrogens with zero attached hydrogens (tertiary/aromatic N) is 2. The van der Waals surface area contributed by atoms with Gasteiger partial charge in [-0.1, -0.05) is 73.6 Å². The number of benzene rings is 2. The highest BCUT2D eigenvalue weighted by Gasteiger charge is 2.50. The maximum absolute atomic E-state index is 13.7. The zero-order chi connectivity index (χ0) is 35.8. The van der Waals surface area contributed by atoms with E-state index in [0.29, 0.717) is 35.3 Å². The van der Waals surface area contributed by atoms with Crippen LogP contribution >= 0.6 is 22.3 Å². The van der Waals surface area contributed by atoms with Gasteiger partial charge in [0.1, 0.15) is 11.4 Å². The van der Waals surface area contributed by atoms with E-state index in [9.17, 15) is 4.79 Å². The fourth-order valence-corrected chi connectivity index (χ4v) is 10.6. The van der Waals surface area contributed by atoms with Crippen molar-refractivity contribution in [1.82, 2.24) is 9.62 Å². The molecular formula is C42H58ClN3O4S. The van der Waals surface area contributed by atoms with Gasteiger partial charge in [0, 0.05) is 53.9 Å². The van der Waals surface area contributed by atoms with Crippen molar-refractivity contribution in [2.24, 2.45) is 23.2 Å². The van der Waals surface area contributed by atoms with Gasteiger partial charge in [-0.15, -0.1) is 0 Å². The summed E-state index contributed by atoms with van der Waals surface area (Å²) in [4.78, 5) is 18.9. The summed E-state index contributed by atoms with van der Waals surface area (Å²) in [6.07, 6.45) is 12.5. The topological polar surface area (TPSA) is 63.3 Å². The molecule has 4 aliphatic heterocycles. The van der Waals surface area contributed by atoms with Crippen LogP contribution in [0.5, 0.6) is 5.75 Å². The molecule has 7 atom stereocenters. The average molecular weight is 736 g/mol. The molecule has 1 amide bonds. The van der Waals surface area contributed by atoms with Gasteiger partial charge in [-0.3, -0.25) is 4.79 Å². The maximum atomic E-state index is 13.7. The molecule has 2 aromatic carbocycles. The molecule has 1 N–H and O–H groups in total.